The number of ether oxygens (including phenoxy) is 1. The Morgan fingerprint density at radius 1 is 1.17 bits per heavy atom. The Kier molecular flexibility index (Phi) is 2.41. The van der Waals surface area contributed by atoms with Crippen LogP contribution in [0.1, 0.15) is 0 Å². The second kappa shape index (κ2) is 4.07. The molecule has 0 unspecified atom stereocenters. The molecule has 4 heteroatoms. The average Bonchev–Trinajstić information content (AvgIpc) is 2.82. The molecule has 0 aliphatic carbocycles. The van der Waals surface area contributed by atoms with Gasteiger partial charge < -0.3 is 10.5 Å². The highest BCUT2D eigenvalue weighted by Crippen LogP contribution is 2.27. The summed E-state index contributed by atoms with van der Waals surface area (Å²) in [5, 5.41) is 5.48. The van der Waals surface area contributed by atoms with Crippen LogP contribution in [0.2, 0.25) is 0 Å². The highest BCUT2D eigenvalue weighted by atomic mass is 16.5. The second-order valence-electron chi connectivity index (χ2n) is 4.05. The molecule has 1 aromatic heterocycles. The quantitative estimate of drug-likeness (QED) is 0.699. The van der Waals surface area contributed by atoms with Crippen molar-refractivity contribution >= 4 is 16.6 Å². The minimum atomic E-state index is 0.686. The van der Waals surface area contributed by atoms with Gasteiger partial charge in [0.25, 0.3) is 0 Å². The van der Waals surface area contributed by atoms with E-state index in [1.165, 1.54) is 0 Å². The summed E-state index contributed by atoms with van der Waals surface area (Å²) in [6.45, 7) is 0. The predicted molar refractivity (Wildman–Crippen MR) is 72.0 cm³/mol. The number of fused-ring (bicyclic) bond motifs is 1. The van der Waals surface area contributed by atoms with E-state index < -0.39 is 0 Å². The zero-order chi connectivity index (χ0) is 12.5. The van der Waals surface area contributed by atoms with Gasteiger partial charge >= 0.3 is 0 Å². The van der Waals surface area contributed by atoms with E-state index in [0.29, 0.717) is 5.69 Å². The molecule has 4 nitrogen and oxygen atoms in total. The summed E-state index contributed by atoms with van der Waals surface area (Å²) in [4.78, 5) is 0. The lowest BCUT2D eigenvalue weighted by Gasteiger charge is -2.10. The van der Waals surface area contributed by atoms with Crippen LogP contribution in [-0.4, -0.2) is 16.9 Å². The van der Waals surface area contributed by atoms with Crippen LogP contribution in [0, 0.1) is 0 Å². The lowest BCUT2D eigenvalue weighted by Crippen LogP contribution is -2.00. The second-order valence-corrected chi connectivity index (χ2v) is 4.05. The standard InChI is InChI=1S/C14H13N3O/c1-18-14-7-6-11(15)8-13(14)17-12-5-3-2-4-10(12)9-16-17/h2-9H,15H2,1H3. The third-order valence-corrected chi connectivity index (χ3v) is 2.91. The first kappa shape index (κ1) is 10.7. The maximum Gasteiger partial charge on any atom is 0.144 e. The van der Waals surface area contributed by atoms with Crippen molar-refractivity contribution in [1.29, 1.82) is 0 Å². The molecular formula is C14H13N3O. The van der Waals surface area contributed by atoms with E-state index in [-0.39, 0.29) is 0 Å². The van der Waals surface area contributed by atoms with E-state index in [1.807, 2.05) is 53.3 Å². The summed E-state index contributed by atoms with van der Waals surface area (Å²) in [5.74, 6) is 0.748. The molecule has 0 aliphatic rings. The number of para-hydroxylation sites is 1. The fraction of sp³-hybridized carbons (Fsp3) is 0.0714. The smallest absolute Gasteiger partial charge is 0.144 e. The monoisotopic (exact) mass is 239 g/mol. The SMILES string of the molecule is COc1ccc(N)cc1-n1ncc2ccccc21. The van der Waals surface area contributed by atoms with Crippen molar-refractivity contribution in [2.45, 2.75) is 0 Å². The van der Waals surface area contributed by atoms with Crippen LogP contribution in [0.25, 0.3) is 16.6 Å². The lowest BCUT2D eigenvalue weighted by atomic mass is 10.2. The molecule has 0 atom stereocenters. The number of benzene rings is 2. The molecule has 0 saturated heterocycles. The number of nitrogens with two attached hydrogens (primary N) is 1. The summed E-state index contributed by atoms with van der Waals surface area (Å²) in [6, 6.07) is 13.5. The number of hydrogen-bond donors (Lipinski definition) is 1. The van der Waals surface area contributed by atoms with Gasteiger partial charge in [-0.1, -0.05) is 18.2 Å². The molecule has 2 N–H and O–H groups in total. The van der Waals surface area contributed by atoms with Gasteiger partial charge in [0, 0.05) is 11.1 Å². The molecule has 90 valence electrons. The van der Waals surface area contributed by atoms with Crippen molar-refractivity contribution in [3.05, 3.63) is 48.7 Å². The number of anilines is 1. The number of nitrogen functional groups attached to an aromatic ring is 1. The molecule has 2 aromatic carbocycles. The van der Waals surface area contributed by atoms with Crippen LogP contribution >= 0.6 is 0 Å². The first-order valence-corrected chi connectivity index (χ1v) is 5.66. The Morgan fingerprint density at radius 2 is 2.00 bits per heavy atom. The summed E-state index contributed by atoms with van der Waals surface area (Å²) in [5.41, 5.74) is 8.40. The molecule has 0 saturated carbocycles. The maximum absolute atomic E-state index is 5.84. The van der Waals surface area contributed by atoms with E-state index >= 15 is 0 Å². The number of hydrogen-bond acceptors (Lipinski definition) is 3. The van der Waals surface area contributed by atoms with Crippen LogP contribution in [0.15, 0.2) is 48.7 Å². The van der Waals surface area contributed by atoms with Crippen molar-refractivity contribution in [1.82, 2.24) is 9.78 Å². The number of methoxy groups -OCH3 is 1. The third-order valence-electron chi connectivity index (χ3n) is 2.91. The van der Waals surface area contributed by atoms with Gasteiger partial charge in [0.2, 0.25) is 0 Å². The summed E-state index contributed by atoms with van der Waals surface area (Å²) in [7, 11) is 1.64. The van der Waals surface area contributed by atoms with Gasteiger partial charge in [-0.25, -0.2) is 4.68 Å². The van der Waals surface area contributed by atoms with Gasteiger partial charge in [0.05, 0.1) is 18.8 Å². The van der Waals surface area contributed by atoms with Crippen LogP contribution in [0.3, 0.4) is 0 Å². The molecule has 0 radical (unpaired) electrons. The van der Waals surface area contributed by atoms with Crippen LogP contribution < -0.4 is 10.5 Å². The van der Waals surface area contributed by atoms with Crippen molar-refractivity contribution in [3.63, 3.8) is 0 Å². The normalized spacial score (nSPS) is 10.7. The fourth-order valence-electron chi connectivity index (χ4n) is 2.04. The third kappa shape index (κ3) is 1.59. The Balaban J connectivity index is 2.29. The van der Waals surface area contributed by atoms with Crippen molar-refractivity contribution in [2.24, 2.45) is 0 Å². The molecule has 0 aliphatic heterocycles. The van der Waals surface area contributed by atoms with Gasteiger partial charge in [0.15, 0.2) is 0 Å². The predicted octanol–water partition coefficient (Wildman–Crippen LogP) is 2.62. The molecule has 18 heavy (non-hydrogen) atoms. The molecule has 0 fully saturated rings. The highest BCUT2D eigenvalue weighted by molar-refractivity contribution is 5.81. The molecule has 3 aromatic rings. The van der Waals surface area contributed by atoms with Gasteiger partial charge in [0.1, 0.15) is 11.4 Å². The zero-order valence-electron chi connectivity index (χ0n) is 10.00. The van der Waals surface area contributed by atoms with Gasteiger partial charge in [-0.3, -0.25) is 0 Å². The first-order valence-electron chi connectivity index (χ1n) is 5.66. The molecule has 0 spiro atoms. The minimum Gasteiger partial charge on any atom is -0.494 e. The van der Waals surface area contributed by atoms with Crippen LogP contribution in [-0.2, 0) is 0 Å². The molecule has 1 heterocycles. The molecular weight excluding hydrogens is 226 g/mol. The van der Waals surface area contributed by atoms with E-state index in [0.717, 1.165) is 22.3 Å². The molecule has 3 rings (SSSR count). The van der Waals surface area contributed by atoms with E-state index in [1.54, 1.807) is 7.11 Å². The number of aromatic nitrogens is 2. The van der Waals surface area contributed by atoms with Gasteiger partial charge in [-0.15, -0.1) is 0 Å². The lowest BCUT2D eigenvalue weighted by molar-refractivity contribution is 0.412. The fourth-order valence-corrected chi connectivity index (χ4v) is 2.04. The zero-order valence-corrected chi connectivity index (χ0v) is 10.00. The summed E-state index contributed by atoms with van der Waals surface area (Å²) >= 11 is 0. The maximum atomic E-state index is 5.84. The molecule has 0 bridgehead atoms. The van der Waals surface area contributed by atoms with Crippen LogP contribution in [0.5, 0.6) is 5.75 Å². The average molecular weight is 239 g/mol. The Hall–Kier alpha value is -2.49. The van der Waals surface area contributed by atoms with Crippen molar-refractivity contribution in [3.8, 4) is 11.4 Å². The Labute approximate surface area is 105 Å². The Morgan fingerprint density at radius 3 is 2.83 bits per heavy atom. The highest BCUT2D eigenvalue weighted by Gasteiger charge is 2.09. The largest absolute Gasteiger partial charge is 0.494 e. The van der Waals surface area contributed by atoms with Gasteiger partial charge in [-0.2, -0.15) is 5.10 Å². The van der Waals surface area contributed by atoms with Crippen molar-refractivity contribution < 1.29 is 4.74 Å². The molecule has 0 amide bonds. The van der Waals surface area contributed by atoms with E-state index in [9.17, 15) is 0 Å². The van der Waals surface area contributed by atoms with Crippen molar-refractivity contribution in [2.75, 3.05) is 12.8 Å². The van der Waals surface area contributed by atoms with E-state index in [4.69, 9.17) is 10.5 Å². The minimum absolute atomic E-state index is 0.686. The summed E-state index contributed by atoms with van der Waals surface area (Å²) in [6.07, 6.45) is 1.83. The number of rotatable bonds is 2. The van der Waals surface area contributed by atoms with Gasteiger partial charge in [-0.05, 0) is 24.3 Å². The number of nitrogens with zero attached hydrogens (tertiary/aromatic N) is 2. The topological polar surface area (TPSA) is 53.1 Å². The Bertz CT molecular complexity index is 703. The first-order chi connectivity index (χ1) is 8.79. The van der Waals surface area contributed by atoms with Crippen LogP contribution in [0.4, 0.5) is 5.69 Å². The summed E-state index contributed by atoms with van der Waals surface area (Å²) < 4.78 is 7.19. The van der Waals surface area contributed by atoms with E-state index in [2.05, 4.69) is 5.10 Å².